The van der Waals surface area contributed by atoms with Gasteiger partial charge in [-0.3, -0.25) is 4.79 Å². The number of carboxylic acids is 1. The number of carbonyl (C=O) groups is 1. The molecule has 4 heteroatoms. The fourth-order valence-electron chi connectivity index (χ4n) is 1.75. The molecule has 1 rings (SSSR count). The van der Waals surface area contributed by atoms with Gasteiger partial charge in [0.25, 0.3) is 0 Å². The van der Waals surface area contributed by atoms with E-state index >= 15 is 0 Å². The van der Waals surface area contributed by atoms with Crippen LogP contribution in [0.5, 0.6) is 0 Å². The summed E-state index contributed by atoms with van der Waals surface area (Å²) in [5.41, 5.74) is 1.09. The van der Waals surface area contributed by atoms with Crippen molar-refractivity contribution in [1.29, 1.82) is 0 Å². The van der Waals surface area contributed by atoms with Crippen molar-refractivity contribution in [2.24, 2.45) is 17.8 Å². The van der Waals surface area contributed by atoms with Crippen LogP contribution in [0.25, 0.3) is 0 Å². The Morgan fingerprint density at radius 3 is 2.47 bits per heavy atom. The highest BCUT2D eigenvalue weighted by Crippen LogP contribution is 2.21. The van der Waals surface area contributed by atoms with Gasteiger partial charge in [-0.25, -0.2) is 4.98 Å². The van der Waals surface area contributed by atoms with Crippen LogP contribution in [0.4, 0.5) is 0 Å². The van der Waals surface area contributed by atoms with Crippen LogP contribution in [0.1, 0.15) is 38.4 Å². The minimum absolute atomic E-state index is 0.143. The quantitative estimate of drug-likeness (QED) is 0.849. The first kappa shape index (κ1) is 14.2. The minimum atomic E-state index is -0.722. The standard InChI is InChI=1S/C13H21NO2S/c1-8(2)5-10-7-17-12(14-10)6-11(9(3)4)13(15)16/h7-9,11H,5-6H2,1-4H3,(H,15,16). The maximum atomic E-state index is 11.1. The third kappa shape index (κ3) is 4.46. The number of nitrogens with zero attached hydrogens (tertiary/aromatic N) is 1. The van der Waals surface area contributed by atoms with Crippen molar-refractivity contribution < 1.29 is 9.90 Å². The minimum Gasteiger partial charge on any atom is -0.481 e. The van der Waals surface area contributed by atoms with Crippen LogP contribution in [0.15, 0.2) is 5.38 Å². The highest BCUT2D eigenvalue weighted by atomic mass is 32.1. The summed E-state index contributed by atoms with van der Waals surface area (Å²) in [5.74, 6) is -0.316. The predicted molar refractivity (Wildman–Crippen MR) is 70.3 cm³/mol. The second-order valence-corrected chi connectivity index (χ2v) is 6.17. The predicted octanol–water partition coefficient (Wildman–Crippen LogP) is 3.24. The highest BCUT2D eigenvalue weighted by molar-refractivity contribution is 7.09. The van der Waals surface area contributed by atoms with Gasteiger partial charge in [-0.1, -0.05) is 27.7 Å². The van der Waals surface area contributed by atoms with E-state index in [1.165, 1.54) is 0 Å². The summed E-state index contributed by atoms with van der Waals surface area (Å²) >= 11 is 1.58. The Labute approximate surface area is 107 Å². The third-order valence-electron chi connectivity index (χ3n) is 2.73. The monoisotopic (exact) mass is 255 g/mol. The van der Waals surface area contributed by atoms with E-state index in [-0.39, 0.29) is 11.8 Å². The molecule has 3 nitrogen and oxygen atoms in total. The van der Waals surface area contributed by atoms with Crippen molar-refractivity contribution in [3.63, 3.8) is 0 Å². The molecule has 0 amide bonds. The van der Waals surface area contributed by atoms with E-state index in [1.54, 1.807) is 11.3 Å². The maximum Gasteiger partial charge on any atom is 0.307 e. The van der Waals surface area contributed by atoms with Gasteiger partial charge in [-0.15, -0.1) is 11.3 Å². The van der Waals surface area contributed by atoms with Crippen molar-refractivity contribution in [2.75, 3.05) is 0 Å². The van der Waals surface area contributed by atoms with Crippen LogP contribution in [0.2, 0.25) is 0 Å². The Hall–Kier alpha value is -0.900. The van der Waals surface area contributed by atoms with Crippen molar-refractivity contribution in [1.82, 2.24) is 4.98 Å². The number of aromatic nitrogens is 1. The van der Waals surface area contributed by atoms with E-state index in [2.05, 4.69) is 24.2 Å². The zero-order chi connectivity index (χ0) is 13.0. The molecule has 0 fully saturated rings. The zero-order valence-corrected chi connectivity index (χ0v) is 11.8. The second-order valence-electron chi connectivity index (χ2n) is 5.22. The highest BCUT2D eigenvalue weighted by Gasteiger charge is 2.23. The van der Waals surface area contributed by atoms with Crippen LogP contribution in [0, 0.1) is 17.8 Å². The van der Waals surface area contributed by atoms with E-state index in [4.69, 9.17) is 5.11 Å². The normalized spacial score (nSPS) is 13.3. The molecular formula is C13H21NO2S. The lowest BCUT2D eigenvalue weighted by Gasteiger charge is -2.14. The molecule has 0 spiro atoms. The summed E-state index contributed by atoms with van der Waals surface area (Å²) < 4.78 is 0. The lowest BCUT2D eigenvalue weighted by atomic mass is 9.93. The number of carboxylic acid groups (broad SMARTS) is 1. The van der Waals surface area contributed by atoms with E-state index in [9.17, 15) is 4.79 Å². The van der Waals surface area contributed by atoms with E-state index in [0.717, 1.165) is 17.1 Å². The molecule has 1 N–H and O–H groups in total. The molecule has 0 aliphatic heterocycles. The molecule has 1 aromatic heterocycles. The van der Waals surface area contributed by atoms with Gasteiger partial charge in [0.1, 0.15) is 0 Å². The molecule has 0 aliphatic carbocycles. The molecule has 0 aromatic carbocycles. The second kappa shape index (κ2) is 6.15. The number of aliphatic carboxylic acids is 1. The fourth-order valence-corrected chi connectivity index (χ4v) is 2.62. The maximum absolute atomic E-state index is 11.1. The Bertz CT molecular complexity index is 371. The van der Waals surface area contributed by atoms with E-state index < -0.39 is 5.97 Å². The Balaban J connectivity index is 2.67. The van der Waals surface area contributed by atoms with Crippen molar-refractivity contribution in [2.45, 2.75) is 40.5 Å². The number of rotatable bonds is 6. The van der Waals surface area contributed by atoms with Gasteiger partial charge in [-0.2, -0.15) is 0 Å². The molecule has 0 bridgehead atoms. The summed E-state index contributed by atoms with van der Waals surface area (Å²) in [6.07, 6.45) is 1.52. The van der Waals surface area contributed by atoms with Crippen molar-refractivity contribution >= 4 is 17.3 Å². The van der Waals surface area contributed by atoms with Gasteiger partial charge in [0.05, 0.1) is 16.6 Å². The van der Waals surface area contributed by atoms with Crippen LogP contribution in [0.3, 0.4) is 0 Å². The molecule has 1 atom stereocenters. The van der Waals surface area contributed by atoms with Gasteiger partial charge < -0.3 is 5.11 Å². The molecule has 1 aromatic rings. The average Bonchev–Trinajstić information content (AvgIpc) is 2.59. The molecular weight excluding hydrogens is 234 g/mol. The summed E-state index contributed by atoms with van der Waals surface area (Å²) in [7, 11) is 0. The number of hydrogen-bond donors (Lipinski definition) is 1. The Kier molecular flexibility index (Phi) is 5.12. The summed E-state index contributed by atoms with van der Waals surface area (Å²) in [5, 5.41) is 12.1. The first-order chi connectivity index (χ1) is 7.90. The fraction of sp³-hybridized carbons (Fsp3) is 0.692. The van der Waals surface area contributed by atoms with E-state index in [0.29, 0.717) is 12.3 Å². The number of hydrogen-bond acceptors (Lipinski definition) is 3. The molecule has 96 valence electrons. The Morgan fingerprint density at radius 2 is 2.00 bits per heavy atom. The van der Waals surface area contributed by atoms with Crippen LogP contribution in [-0.4, -0.2) is 16.1 Å². The SMILES string of the molecule is CC(C)Cc1csc(CC(C(=O)O)C(C)C)n1. The third-order valence-corrected chi connectivity index (χ3v) is 3.65. The van der Waals surface area contributed by atoms with Gasteiger partial charge in [-0.05, 0) is 18.3 Å². The molecule has 0 radical (unpaired) electrons. The first-order valence-electron chi connectivity index (χ1n) is 6.06. The van der Waals surface area contributed by atoms with Gasteiger partial charge in [0.15, 0.2) is 0 Å². The smallest absolute Gasteiger partial charge is 0.307 e. The van der Waals surface area contributed by atoms with Crippen molar-refractivity contribution in [3.8, 4) is 0 Å². The van der Waals surface area contributed by atoms with Crippen LogP contribution < -0.4 is 0 Å². The summed E-state index contributed by atoms with van der Waals surface area (Å²) in [6, 6.07) is 0. The zero-order valence-electron chi connectivity index (χ0n) is 10.9. The van der Waals surface area contributed by atoms with Crippen LogP contribution in [-0.2, 0) is 17.6 Å². The summed E-state index contributed by atoms with van der Waals surface area (Å²) in [4.78, 5) is 15.6. The lowest BCUT2D eigenvalue weighted by molar-refractivity contribution is -0.143. The van der Waals surface area contributed by atoms with Gasteiger partial charge >= 0.3 is 5.97 Å². The van der Waals surface area contributed by atoms with Gasteiger partial charge in [0.2, 0.25) is 0 Å². The topological polar surface area (TPSA) is 50.2 Å². The molecule has 0 saturated heterocycles. The molecule has 0 aliphatic rings. The van der Waals surface area contributed by atoms with Crippen LogP contribution >= 0.6 is 11.3 Å². The number of thiazole rings is 1. The molecule has 0 saturated carbocycles. The van der Waals surface area contributed by atoms with E-state index in [1.807, 2.05) is 13.8 Å². The Morgan fingerprint density at radius 1 is 1.35 bits per heavy atom. The van der Waals surface area contributed by atoms with Gasteiger partial charge in [0, 0.05) is 11.8 Å². The average molecular weight is 255 g/mol. The molecule has 1 unspecified atom stereocenters. The first-order valence-corrected chi connectivity index (χ1v) is 6.94. The van der Waals surface area contributed by atoms with Crippen molar-refractivity contribution in [3.05, 3.63) is 16.1 Å². The molecule has 1 heterocycles. The largest absolute Gasteiger partial charge is 0.481 e. The summed E-state index contributed by atoms with van der Waals surface area (Å²) in [6.45, 7) is 8.21. The molecule has 17 heavy (non-hydrogen) atoms. The lowest BCUT2D eigenvalue weighted by Crippen LogP contribution is -2.22.